The number of hydrogen-bond acceptors (Lipinski definition) is 7. The number of piperidine rings is 1. The number of halogens is 2. The Hall–Kier alpha value is -2.27. The first-order valence-corrected chi connectivity index (χ1v) is 10.8. The van der Waals surface area contributed by atoms with E-state index in [9.17, 15) is 4.39 Å². The smallest absolute Gasteiger partial charge is 0.333 e. The predicted octanol–water partition coefficient (Wildman–Crippen LogP) is 4.85. The predicted molar refractivity (Wildman–Crippen MR) is 118 cm³/mol. The highest BCUT2D eigenvalue weighted by atomic mass is 127. The maximum absolute atomic E-state index is 14.3. The lowest BCUT2D eigenvalue weighted by Gasteiger charge is -2.35. The number of pyridine rings is 1. The second-order valence-electron chi connectivity index (χ2n) is 6.79. The second kappa shape index (κ2) is 9.04. The fourth-order valence-corrected chi connectivity index (χ4v) is 3.87. The van der Waals surface area contributed by atoms with Crippen LogP contribution in [0.15, 0.2) is 41.1 Å². The zero-order chi connectivity index (χ0) is 20.2. The summed E-state index contributed by atoms with van der Waals surface area (Å²) in [5, 5.41) is 15.9. The van der Waals surface area contributed by atoms with Gasteiger partial charge < -0.3 is 9.73 Å². The Kier molecular flexibility index (Phi) is 6.24. The fourth-order valence-electron chi connectivity index (χ4n) is 3.42. The molecule has 1 aliphatic heterocycles. The fraction of sp³-hybridized carbons (Fsp3) is 0.350. The first-order chi connectivity index (χ1) is 14.2. The van der Waals surface area contributed by atoms with Crippen LogP contribution in [0.3, 0.4) is 0 Å². The zero-order valence-corrected chi connectivity index (χ0v) is 18.3. The van der Waals surface area contributed by atoms with Gasteiger partial charge in [0.05, 0.1) is 23.1 Å². The number of nitrogens with one attached hydrogen (secondary N) is 1. The lowest BCUT2D eigenvalue weighted by molar-refractivity contribution is 0.198. The van der Waals surface area contributed by atoms with E-state index in [1.165, 1.54) is 12.5 Å². The Labute approximate surface area is 182 Å². The van der Waals surface area contributed by atoms with E-state index in [1.807, 2.05) is 11.1 Å². The third-order valence-corrected chi connectivity index (χ3v) is 5.53. The molecule has 3 aromatic rings. The molecule has 0 spiro atoms. The number of anilines is 3. The average Bonchev–Trinajstić information content (AvgIpc) is 3.21. The molecular weight excluding hydrogens is 486 g/mol. The first-order valence-electron chi connectivity index (χ1n) is 9.68. The molecule has 0 bridgehead atoms. The van der Waals surface area contributed by atoms with Gasteiger partial charge in [-0.05, 0) is 66.6 Å². The van der Waals surface area contributed by atoms with E-state index in [2.05, 4.69) is 55.0 Å². The topological polar surface area (TPSA) is 70.3 Å². The van der Waals surface area contributed by atoms with Gasteiger partial charge in [-0.25, -0.2) is 9.40 Å². The normalized spacial score (nSPS) is 14.7. The van der Waals surface area contributed by atoms with Gasteiger partial charge in [-0.1, -0.05) is 11.5 Å². The number of nitrogens with zero attached hydrogens (tertiary/aromatic N) is 5. The quantitative estimate of drug-likeness (QED) is 0.478. The molecule has 0 unspecified atom stereocenters. The minimum Gasteiger partial charge on any atom is -0.402 e. The molecule has 2 aromatic heterocycles. The summed E-state index contributed by atoms with van der Waals surface area (Å²) in [4.78, 5) is 4.15. The Morgan fingerprint density at radius 2 is 2.00 bits per heavy atom. The number of aromatic nitrogens is 3. The van der Waals surface area contributed by atoms with Gasteiger partial charge in [0.2, 0.25) is 0 Å². The van der Waals surface area contributed by atoms with Gasteiger partial charge in [-0.15, -0.1) is 5.10 Å². The molecule has 1 fully saturated rings. The van der Waals surface area contributed by atoms with Gasteiger partial charge in [-0.3, -0.25) is 9.99 Å². The molecule has 1 aliphatic rings. The minimum atomic E-state index is -0.333. The van der Waals surface area contributed by atoms with Crippen molar-refractivity contribution in [3.05, 3.63) is 46.0 Å². The lowest BCUT2D eigenvalue weighted by Crippen LogP contribution is -2.45. The van der Waals surface area contributed by atoms with Crippen LogP contribution in [0.4, 0.5) is 21.8 Å². The van der Waals surface area contributed by atoms with E-state index in [0.717, 1.165) is 36.0 Å². The second-order valence-corrected chi connectivity index (χ2v) is 8.04. The number of rotatable bonds is 6. The van der Waals surface area contributed by atoms with Crippen LogP contribution in [0.1, 0.15) is 26.2 Å². The van der Waals surface area contributed by atoms with E-state index in [4.69, 9.17) is 4.42 Å². The summed E-state index contributed by atoms with van der Waals surface area (Å²) >= 11 is 2.08. The van der Waals surface area contributed by atoms with Crippen molar-refractivity contribution >= 4 is 40.0 Å². The Morgan fingerprint density at radius 3 is 2.76 bits per heavy atom. The monoisotopic (exact) mass is 508 g/mol. The molecule has 152 valence electrons. The van der Waals surface area contributed by atoms with Crippen molar-refractivity contribution in [3.8, 4) is 11.5 Å². The van der Waals surface area contributed by atoms with Crippen LogP contribution in [-0.4, -0.2) is 39.8 Å². The highest BCUT2D eigenvalue weighted by Crippen LogP contribution is 2.31. The van der Waals surface area contributed by atoms with Crippen molar-refractivity contribution in [2.75, 3.05) is 30.0 Å². The average molecular weight is 508 g/mol. The van der Waals surface area contributed by atoms with Gasteiger partial charge in [0.25, 0.3) is 5.89 Å². The van der Waals surface area contributed by atoms with Gasteiger partial charge in [0.1, 0.15) is 5.82 Å². The minimum absolute atomic E-state index is 0.333. The molecule has 0 radical (unpaired) electrons. The molecule has 7 nitrogen and oxygen atoms in total. The molecule has 1 aromatic carbocycles. The first kappa shape index (κ1) is 20.0. The molecular formula is C20H22FIN6O. The summed E-state index contributed by atoms with van der Waals surface area (Å²) in [6.45, 7) is 4.79. The summed E-state index contributed by atoms with van der Waals surface area (Å²) in [6.07, 6.45) is 6.86. The lowest BCUT2D eigenvalue weighted by atomic mass is 10.2. The van der Waals surface area contributed by atoms with Crippen LogP contribution in [0.2, 0.25) is 0 Å². The summed E-state index contributed by atoms with van der Waals surface area (Å²) in [5.41, 5.74) is 1.64. The third kappa shape index (κ3) is 4.50. The molecule has 1 saturated heterocycles. The Morgan fingerprint density at radius 1 is 1.17 bits per heavy atom. The van der Waals surface area contributed by atoms with Crippen LogP contribution in [0.25, 0.3) is 11.5 Å². The molecule has 0 atom stereocenters. The summed E-state index contributed by atoms with van der Waals surface area (Å²) in [5.74, 6) is 0.0338. The van der Waals surface area contributed by atoms with Crippen molar-refractivity contribution in [2.24, 2.45) is 0 Å². The van der Waals surface area contributed by atoms with Gasteiger partial charge in [0.15, 0.2) is 0 Å². The molecule has 0 amide bonds. The van der Waals surface area contributed by atoms with E-state index < -0.39 is 0 Å². The summed E-state index contributed by atoms with van der Waals surface area (Å²) < 4.78 is 21.1. The Balaban J connectivity index is 1.61. The van der Waals surface area contributed by atoms with Gasteiger partial charge in [0, 0.05) is 29.4 Å². The molecule has 3 heterocycles. The van der Waals surface area contributed by atoms with Crippen molar-refractivity contribution in [1.29, 1.82) is 0 Å². The number of hydrogen-bond donors (Lipinski definition) is 1. The molecule has 0 saturated carbocycles. The highest BCUT2D eigenvalue weighted by Gasteiger charge is 2.23. The van der Waals surface area contributed by atoms with Gasteiger partial charge in [-0.2, -0.15) is 0 Å². The van der Waals surface area contributed by atoms with Crippen molar-refractivity contribution in [3.63, 3.8) is 0 Å². The van der Waals surface area contributed by atoms with Crippen LogP contribution in [-0.2, 0) is 0 Å². The maximum atomic E-state index is 14.3. The summed E-state index contributed by atoms with van der Waals surface area (Å²) in [7, 11) is 0. The molecule has 9 heteroatoms. The SMILES string of the molecule is CCN(c1nnc(-c2ccncc2Nc2ccc(I)cc2F)o1)N1CCCCC1. The van der Waals surface area contributed by atoms with Crippen LogP contribution in [0, 0.1) is 9.39 Å². The maximum Gasteiger partial charge on any atom is 0.333 e. The zero-order valence-electron chi connectivity index (χ0n) is 16.1. The number of benzene rings is 1. The summed E-state index contributed by atoms with van der Waals surface area (Å²) in [6, 6.07) is 7.25. The molecule has 4 rings (SSSR count). The van der Waals surface area contributed by atoms with E-state index >= 15 is 0 Å². The highest BCUT2D eigenvalue weighted by molar-refractivity contribution is 14.1. The van der Waals surface area contributed by atoms with E-state index in [1.54, 1.807) is 24.5 Å². The third-order valence-electron chi connectivity index (χ3n) is 4.86. The van der Waals surface area contributed by atoms with Crippen molar-refractivity contribution < 1.29 is 8.81 Å². The molecule has 0 aliphatic carbocycles. The molecule has 1 N–H and O–H groups in total. The standard InChI is InChI=1S/C20H22FIN6O/c1-2-28(27-10-4-3-5-11-27)20-26-25-19(29-20)15-8-9-23-13-18(15)24-17-7-6-14(22)12-16(17)21/h6-9,12-13,24H,2-5,10-11H2,1H3. The Bertz CT molecular complexity index is 975. The van der Waals surface area contributed by atoms with Crippen LogP contribution < -0.4 is 10.3 Å². The van der Waals surface area contributed by atoms with Gasteiger partial charge >= 0.3 is 6.01 Å². The van der Waals surface area contributed by atoms with Crippen LogP contribution in [0.5, 0.6) is 0 Å². The van der Waals surface area contributed by atoms with Crippen LogP contribution >= 0.6 is 22.6 Å². The molecule has 29 heavy (non-hydrogen) atoms. The van der Waals surface area contributed by atoms with Crippen molar-refractivity contribution in [2.45, 2.75) is 26.2 Å². The number of hydrazine groups is 1. The van der Waals surface area contributed by atoms with E-state index in [0.29, 0.717) is 28.8 Å². The van der Waals surface area contributed by atoms with Crippen molar-refractivity contribution in [1.82, 2.24) is 20.2 Å². The largest absolute Gasteiger partial charge is 0.402 e. The van der Waals surface area contributed by atoms with E-state index in [-0.39, 0.29) is 5.82 Å².